The van der Waals surface area contributed by atoms with E-state index in [1.165, 1.54) is 12.0 Å². The molecule has 0 heterocycles. The van der Waals surface area contributed by atoms with Crippen molar-refractivity contribution >= 4 is 17.7 Å². The number of thioether (sulfide) groups is 1. The molecule has 0 spiro atoms. The summed E-state index contributed by atoms with van der Waals surface area (Å²) in [6.07, 6.45) is 0. The summed E-state index contributed by atoms with van der Waals surface area (Å²) < 4.78 is 4.78. The molecule has 0 radical (unpaired) electrons. The Morgan fingerprint density at radius 1 is 1.06 bits per heavy atom. The molecule has 0 N–H and O–H groups in total. The second kappa shape index (κ2) is 6.26. The molecule has 2 aromatic carbocycles. The van der Waals surface area contributed by atoms with E-state index in [-0.39, 0.29) is 5.97 Å². The summed E-state index contributed by atoms with van der Waals surface area (Å²) in [5.74, 6) is 0.481. The Hall–Kier alpha value is -1.74. The lowest BCUT2D eigenvalue weighted by molar-refractivity contribution is 0.0600. The second-order valence-corrected chi connectivity index (χ2v) is 4.80. The first-order valence-corrected chi connectivity index (χ1v) is 6.64. The van der Waals surface area contributed by atoms with Crippen molar-refractivity contribution in [3.63, 3.8) is 0 Å². The zero-order chi connectivity index (χ0) is 12.8. The molecule has 0 saturated carbocycles. The van der Waals surface area contributed by atoms with Crippen molar-refractivity contribution in [2.24, 2.45) is 0 Å². The maximum Gasteiger partial charge on any atom is 0.338 e. The van der Waals surface area contributed by atoms with Gasteiger partial charge in [-0.2, -0.15) is 0 Å². The molecule has 0 saturated heterocycles. The fraction of sp³-hybridized carbons (Fsp3) is 0.133. The highest BCUT2D eigenvalue weighted by Crippen LogP contribution is 2.24. The SMILES string of the molecule is COC(=O)c1ccccc1CSc1ccccc1. The minimum atomic E-state index is -0.278. The van der Waals surface area contributed by atoms with Crippen LogP contribution in [0, 0.1) is 0 Å². The van der Waals surface area contributed by atoms with Crippen molar-refractivity contribution in [1.29, 1.82) is 0 Å². The molecular weight excluding hydrogens is 244 g/mol. The highest BCUT2D eigenvalue weighted by atomic mass is 32.2. The van der Waals surface area contributed by atoms with E-state index in [4.69, 9.17) is 4.74 Å². The van der Waals surface area contributed by atoms with E-state index in [9.17, 15) is 4.79 Å². The Bertz CT molecular complexity index is 523. The predicted molar refractivity (Wildman–Crippen MR) is 73.8 cm³/mol. The summed E-state index contributed by atoms with van der Waals surface area (Å²) >= 11 is 1.71. The maximum absolute atomic E-state index is 11.6. The largest absolute Gasteiger partial charge is 0.465 e. The van der Waals surface area contributed by atoms with Gasteiger partial charge in [0.15, 0.2) is 0 Å². The Balaban J connectivity index is 2.12. The molecule has 2 aromatic rings. The van der Waals surface area contributed by atoms with E-state index in [2.05, 4.69) is 12.1 Å². The molecule has 18 heavy (non-hydrogen) atoms. The second-order valence-electron chi connectivity index (χ2n) is 3.75. The highest BCUT2D eigenvalue weighted by Gasteiger charge is 2.10. The lowest BCUT2D eigenvalue weighted by Gasteiger charge is -2.07. The monoisotopic (exact) mass is 258 g/mol. The molecule has 0 bridgehead atoms. The Labute approximate surface area is 111 Å². The van der Waals surface area contributed by atoms with E-state index < -0.39 is 0 Å². The molecule has 0 aliphatic heterocycles. The van der Waals surface area contributed by atoms with Crippen molar-refractivity contribution in [2.75, 3.05) is 7.11 Å². The van der Waals surface area contributed by atoms with Crippen molar-refractivity contribution in [1.82, 2.24) is 0 Å². The lowest BCUT2D eigenvalue weighted by atomic mass is 10.1. The highest BCUT2D eigenvalue weighted by molar-refractivity contribution is 7.98. The van der Waals surface area contributed by atoms with Crippen molar-refractivity contribution in [2.45, 2.75) is 10.6 Å². The number of carbonyl (C=O) groups excluding carboxylic acids is 1. The smallest absolute Gasteiger partial charge is 0.338 e. The molecule has 0 aliphatic carbocycles. The van der Waals surface area contributed by atoms with Crippen molar-refractivity contribution in [3.05, 3.63) is 65.7 Å². The van der Waals surface area contributed by atoms with Gasteiger partial charge in [0, 0.05) is 10.6 Å². The number of carbonyl (C=O) groups is 1. The van der Waals surface area contributed by atoms with Crippen LogP contribution in [0.2, 0.25) is 0 Å². The van der Waals surface area contributed by atoms with Crippen LogP contribution in [0.25, 0.3) is 0 Å². The third-order valence-corrected chi connectivity index (χ3v) is 3.62. The average Bonchev–Trinajstić information content (AvgIpc) is 2.45. The fourth-order valence-electron chi connectivity index (χ4n) is 1.63. The summed E-state index contributed by atoms with van der Waals surface area (Å²) in [4.78, 5) is 12.8. The molecule has 0 unspecified atom stereocenters. The lowest BCUT2D eigenvalue weighted by Crippen LogP contribution is -2.04. The van der Waals surface area contributed by atoms with Gasteiger partial charge in [-0.15, -0.1) is 11.8 Å². The van der Waals surface area contributed by atoms with Gasteiger partial charge >= 0.3 is 5.97 Å². The van der Waals surface area contributed by atoms with Crippen LogP contribution in [0.4, 0.5) is 0 Å². The normalized spacial score (nSPS) is 10.1. The average molecular weight is 258 g/mol. The van der Waals surface area contributed by atoms with Gasteiger partial charge < -0.3 is 4.74 Å². The molecule has 2 nitrogen and oxygen atoms in total. The van der Waals surface area contributed by atoms with E-state index >= 15 is 0 Å². The van der Waals surface area contributed by atoms with Crippen LogP contribution in [-0.4, -0.2) is 13.1 Å². The number of rotatable bonds is 4. The van der Waals surface area contributed by atoms with Gasteiger partial charge in [-0.1, -0.05) is 36.4 Å². The van der Waals surface area contributed by atoms with Gasteiger partial charge in [0.05, 0.1) is 12.7 Å². The van der Waals surface area contributed by atoms with Gasteiger partial charge in [-0.25, -0.2) is 4.79 Å². The van der Waals surface area contributed by atoms with E-state index in [0.717, 1.165) is 11.3 Å². The summed E-state index contributed by atoms with van der Waals surface area (Å²) in [5, 5.41) is 0. The van der Waals surface area contributed by atoms with Crippen molar-refractivity contribution in [3.8, 4) is 0 Å². The number of benzene rings is 2. The van der Waals surface area contributed by atoms with E-state index in [1.54, 1.807) is 17.8 Å². The standard InChI is InChI=1S/C15H14O2S/c1-17-15(16)14-10-6-5-7-12(14)11-18-13-8-3-2-4-9-13/h2-10H,11H2,1H3. The quantitative estimate of drug-likeness (QED) is 0.617. The molecule has 0 fully saturated rings. The molecule has 2 rings (SSSR count). The van der Waals surface area contributed by atoms with Gasteiger partial charge in [0.2, 0.25) is 0 Å². The molecule has 0 amide bonds. The third-order valence-electron chi connectivity index (χ3n) is 2.56. The Kier molecular flexibility index (Phi) is 4.42. The minimum absolute atomic E-state index is 0.278. The van der Waals surface area contributed by atoms with E-state index in [1.807, 2.05) is 36.4 Å². The first-order chi connectivity index (χ1) is 8.81. The molecule has 0 atom stereocenters. The number of hydrogen-bond donors (Lipinski definition) is 0. The van der Waals surface area contributed by atoms with Gasteiger partial charge in [0.25, 0.3) is 0 Å². The minimum Gasteiger partial charge on any atom is -0.465 e. The summed E-state index contributed by atoms with van der Waals surface area (Å²) in [6, 6.07) is 17.7. The number of esters is 1. The molecular formula is C15H14O2S. The van der Waals surface area contributed by atoms with Gasteiger partial charge in [-0.3, -0.25) is 0 Å². The number of ether oxygens (including phenoxy) is 1. The predicted octanol–water partition coefficient (Wildman–Crippen LogP) is 3.77. The molecule has 0 aliphatic rings. The fourth-order valence-corrected chi connectivity index (χ4v) is 2.56. The Morgan fingerprint density at radius 2 is 1.72 bits per heavy atom. The van der Waals surface area contributed by atoms with Crippen LogP contribution in [0.5, 0.6) is 0 Å². The van der Waals surface area contributed by atoms with Crippen LogP contribution in [0.3, 0.4) is 0 Å². The molecule has 0 aromatic heterocycles. The number of methoxy groups -OCH3 is 1. The van der Waals surface area contributed by atoms with E-state index in [0.29, 0.717) is 5.56 Å². The van der Waals surface area contributed by atoms with Crippen LogP contribution >= 0.6 is 11.8 Å². The first kappa shape index (κ1) is 12.7. The van der Waals surface area contributed by atoms with Gasteiger partial charge in [-0.05, 0) is 23.8 Å². The van der Waals surface area contributed by atoms with Crippen LogP contribution < -0.4 is 0 Å². The number of hydrogen-bond acceptors (Lipinski definition) is 3. The Morgan fingerprint density at radius 3 is 2.44 bits per heavy atom. The topological polar surface area (TPSA) is 26.3 Å². The van der Waals surface area contributed by atoms with Crippen molar-refractivity contribution < 1.29 is 9.53 Å². The van der Waals surface area contributed by atoms with Crippen LogP contribution in [-0.2, 0) is 10.5 Å². The zero-order valence-electron chi connectivity index (χ0n) is 10.1. The first-order valence-electron chi connectivity index (χ1n) is 5.65. The third kappa shape index (κ3) is 3.14. The van der Waals surface area contributed by atoms with Gasteiger partial charge in [0.1, 0.15) is 0 Å². The summed E-state index contributed by atoms with van der Waals surface area (Å²) in [6.45, 7) is 0. The summed E-state index contributed by atoms with van der Waals surface area (Å²) in [7, 11) is 1.41. The van der Waals surface area contributed by atoms with Crippen LogP contribution in [0.15, 0.2) is 59.5 Å². The zero-order valence-corrected chi connectivity index (χ0v) is 10.9. The summed E-state index contributed by atoms with van der Waals surface area (Å²) in [5.41, 5.74) is 1.64. The molecule has 3 heteroatoms. The van der Waals surface area contributed by atoms with Crippen LogP contribution in [0.1, 0.15) is 15.9 Å². The molecule has 92 valence electrons. The maximum atomic E-state index is 11.6.